The number of hydrogen-bond donors (Lipinski definition) is 2. The van der Waals surface area contributed by atoms with Crippen molar-refractivity contribution in [3.63, 3.8) is 0 Å². The number of H-pyrrole nitrogens is 1. The van der Waals surface area contributed by atoms with E-state index in [4.69, 9.17) is 9.52 Å². The van der Waals surface area contributed by atoms with Crippen LogP contribution in [0.1, 0.15) is 18.3 Å². The molecule has 1 saturated heterocycles. The van der Waals surface area contributed by atoms with E-state index in [1.807, 2.05) is 6.07 Å². The number of nitrogens with zero attached hydrogens (tertiary/aromatic N) is 4. The second-order valence-electron chi connectivity index (χ2n) is 6.81. The largest absolute Gasteiger partial charge is 0.364 e. The zero-order valence-corrected chi connectivity index (χ0v) is 18.4. The van der Waals surface area contributed by atoms with Gasteiger partial charge in [0.1, 0.15) is 6.26 Å². The van der Waals surface area contributed by atoms with Gasteiger partial charge in [-0.25, -0.2) is 4.99 Å². The molecule has 150 valence electrons. The lowest BCUT2D eigenvalue weighted by atomic mass is 10.2. The van der Waals surface area contributed by atoms with Crippen molar-refractivity contribution in [2.75, 3.05) is 32.7 Å². The molecule has 0 saturated carbocycles. The van der Waals surface area contributed by atoms with Crippen molar-refractivity contribution in [2.24, 2.45) is 4.99 Å². The predicted octanol–water partition coefficient (Wildman–Crippen LogP) is 3.06. The molecule has 28 heavy (non-hydrogen) atoms. The molecule has 0 spiro atoms. The smallest absolute Gasteiger partial charge is 0.194 e. The van der Waals surface area contributed by atoms with Crippen LogP contribution in [0.5, 0.6) is 0 Å². The van der Waals surface area contributed by atoms with Gasteiger partial charge < -0.3 is 19.7 Å². The van der Waals surface area contributed by atoms with Gasteiger partial charge in [-0.1, -0.05) is 23.4 Å². The number of hydrogen-bond acceptors (Lipinski definition) is 4. The second kappa shape index (κ2) is 9.92. The van der Waals surface area contributed by atoms with Gasteiger partial charge in [0.2, 0.25) is 0 Å². The monoisotopic (exact) mass is 494 g/mol. The minimum absolute atomic E-state index is 0. The summed E-state index contributed by atoms with van der Waals surface area (Å²) in [5, 5.41) is 8.67. The van der Waals surface area contributed by atoms with Crippen LogP contribution in [0.25, 0.3) is 10.9 Å². The van der Waals surface area contributed by atoms with Gasteiger partial charge in [-0.15, -0.1) is 24.0 Å². The first-order valence-electron chi connectivity index (χ1n) is 9.53. The average Bonchev–Trinajstić information content (AvgIpc) is 3.35. The third-order valence-corrected chi connectivity index (χ3v) is 4.87. The molecule has 1 aliphatic heterocycles. The van der Waals surface area contributed by atoms with Crippen LogP contribution in [-0.2, 0) is 13.1 Å². The Morgan fingerprint density at radius 2 is 2.04 bits per heavy atom. The molecule has 0 aliphatic carbocycles. The van der Waals surface area contributed by atoms with Gasteiger partial charge in [0.05, 0.1) is 12.2 Å². The van der Waals surface area contributed by atoms with Crippen molar-refractivity contribution in [3.8, 4) is 0 Å². The van der Waals surface area contributed by atoms with Gasteiger partial charge in [-0.05, 0) is 24.4 Å². The molecule has 3 heterocycles. The van der Waals surface area contributed by atoms with Gasteiger partial charge >= 0.3 is 0 Å². The first-order chi connectivity index (χ1) is 13.3. The molecule has 0 amide bonds. The number of nitrogens with one attached hydrogen (secondary N) is 2. The van der Waals surface area contributed by atoms with Crippen LogP contribution in [0.4, 0.5) is 0 Å². The summed E-state index contributed by atoms with van der Waals surface area (Å²) < 4.78 is 4.92. The summed E-state index contributed by atoms with van der Waals surface area (Å²) in [6, 6.07) is 12.4. The summed E-state index contributed by atoms with van der Waals surface area (Å²) in [5.74, 6) is 0.984. The third kappa shape index (κ3) is 5.05. The van der Waals surface area contributed by atoms with Crippen LogP contribution in [0, 0.1) is 0 Å². The molecule has 2 N–H and O–H groups in total. The van der Waals surface area contributed by atoms with Crippen LogP contribution in [0.3, 0.4) is 0 Å². The number of benzene rings is 1. The lowest BCUT2D eigenvalue weighted by Gasteiger charge is -2.36. The number of fused-ring (bicyclic) bond motifs is 1. The fraction of sp³-hybridized carbons (Fsp3) is 0.400. The summed E-state index contributed by atoms with van der Waals surface area (Å²) in [6.45, 7) is 8.35. The van der Waals surface area contributed by atoms with E-state index in [-0.39, 0.29) is 24.0 Å². The maximum atomic E-state index is 4.92. The molecular weight excluding hydrogens is 467 g/mol. The van der Waals surface area contributed by atoms with Crippen molar-refractivity contribution in [1.82, 2.24) is 25.3 Å². The van der Waals surface area contributed by atoms with Crippen molar-refractivity contribution >= 4 is 40.8 Å². The SMILES string of the molecule is CCNC(=NCc1cc2ccccc2[nH]1)N1CCN(Cc2ccon2)CC1.I. The van der Waals surface area contributed by atoms with Gasteiger partial charge in [-0.2, -0.15) is 0 Å². The fourth-order valence-corrected chi connectivity index (χ4v) is 3.47. The fourth-order valence-electron chi connectivity index (χ4n) is 3.47. The summed E-state index contributed by atoms with van der Waals surface area (Å²) in [7, 11) is 0. The molecule has 0 atom stereocenters. The Balaban J connectivity index is 0.00000225. The average molecular weight is 494 g/mol. The highest BCUT2D eigenvalue weighted by Gasteiger charge is 2.20. The van der Waals surface area contributed by atoms with Crippen LogP contribution in [0.2, 0.25) is 0 Å². The molecule has 7 nitrogen and oxygen atoms in total. The third-order valence-electron chi connectivity index (χ3n) is 4.87. The molecular formula is C20H27IN6O. The molecule has 1 aliphatic rings. The minimum Gasteiger partial charge on any atom is -0.364 e. The van der Waals surface area contributed by atoms with E-state index in [1.165, 1.54) is 5.39 Å². The number of piperazine rings is 1. The number of aromatic nitrogens is 2. The zero-order valence-electron chi connectivity index (χ0n) is 16.1. The number of rotatable bonds is 5. The van der Waals surface area contributed by atoms with Crippen LogP contribution < -0.4 is 5.32 Å². The maximum absolute atomic E-state index is 4.92. The van der Waals surface area contributed by atoms with Crippen molar-refractivity contribution in [2.45, 2.75) is 20.0 Å². The van der Waals surface area contributed by atoms with E-state index >= 15 is 0 Å². The van der Waals surface area contributed by atoms with Crippen LogP contribution in [-0.4, -0.2) is 58.6 Å². The lowest BCUT2D eigenvalue weighted by molar-refractivity contribution is 0.169. The highest BCUT2D eigenvalue weighted by molar-refractivity contribution is 14.0. The predicted molar refractivity (Wildman–Crippen MR) is 122 cm³/mol. The number of halogens is 1. The van der Waals surface area contributed by atoms with Gasteiger partial charge in [0.15, 0.2) is 5.96 Å². The van der Waals surface area contributed by atoms with Crippen LogP contribution >= 0.6 is 24.0 Å². The Hall–Kier alpha value is -2.07. The molecule has 8 heteroatoms. The summed E-state index contributed by atoms with van der Waals surface area (Å²) >= 11 is 0. The molecule has 0 unspecified atom stereocenters. The first kappa shape index (κ1) is 20.7. The Morgan fingerprint density at radius 1 is 1.21 bits per heavy atom. The Morgan fingerprint density at radius 3 is 2.75 bits per heavy atom. The number of guanidine groups is 1. The first-order valence-corrected chi connectivity index (χ1v) is 9.53. The topological polar surface area (TPSA) is 72.7 Å². The van der Waals surface area contributed by atoms with Crippen LogP contribution in [0.15, 0.2) is 52.2 Å². The maximum Gasteiger partial charge on any atom is 0.194 e. The van der Waals surface area contributed by atoms with E-state index in [0.717, 1.165) is 62.1 Å². The van der Waals surface area contributed by atoms with Gasteiger partial charge in [-0.3, -0.25) is 4.90 Å². The molecule has 1 aromatic carbocycles. The zero-order chi connectivity index (χ0) is 18.5. The van der Waals surface area contributed by atoms with E-state index in [0.29, 0.717) is 6.54 Å². The Bertz CT molecular complexity index is 850. The quantitative estimate of drug-likeness (QED) is 0.324. The standard InChI is InChI=1S/C20H26N6O.HI/c1-2-21-20(22-14-18-13-16-5-3-4-6-19(16)23-18)26-10-8-25(9-11-26)15-17-7-12-27-24-17;/h3-7,12-13,23H,2,8-11,14-15H2,1H3,(H,21,22);1H. The van der Waals surface area contributed by atoms with Gasteiger partial charge in [0, 0.05) is 56.5 Å². The summed E-state index contributed by atoms with van der Waals surface area (Å²) in [6.07, 6.45) is 1.63. The van der Waals surface area contributed by atoms with E-state index in [2.05, 4.69) is 62.5 Å². The second-order valence-corrected chi connectivity index (χ2v) is 6.81. The summed E-state index contributed by atoms with van der Waals surface area (Å²) in [5.41, 5.74) is 3.29. The number of aromatic amines is 1. The van der Waals surface area contributed by atoms with Gasteiger partial charge in [0.25, 0.3) is 0 Å². The van der Waals surface area contributed by atoms with Crippen molar-refractivity contribution in [1.29, 1.82) is 0 Å². The highest BCUT2D eigenvalue weighted by Crippen LogP contribution is 2.15. The van der Waals surface area contributed by atoms with Crippen molar-refractivity contribution in [3.05, 3.63) is 54.0 Å². The van der Waals surface area contributed by atoms with E-state index in [1.54, 1.807) is 6.26 Å². The van der Waals surface area contributed by atoms with E-state index < -0.39 is 0 Å². The molecule has 4 rings (SSSR count). The normalized spacial score (nSPS) is 15.6. The highest BCUT2D eigenvalue weighted by atomic mass is 127. The Kier molecular flexibility index (Phi) is 7.32. The molecule has 1 fully saturated rings. The minimum atomic E-state index is 0. The lowest BCUT2D eigenvalue weighted by Crippen LogP contribution is -2.52. The molecule has 3 aromatic rings. The molecule has 0 radical (unpaired) electrons. The number of para-hydroxylation sites is 1. The molecule has 2 aromatic heterocycles. The van der Waals surface area contributed by atoms with Crippen molar-refractivity contribution < 1.29 is 4.52 Å². The number of aliphatic imine (C=N–C) groups is 1. The van der Waals surface area contributed by atoms with E-state index in [9.17, 15) is 0 Å². The summed E-state index contributed by atoms with van der Waals surface area (Å²) in [4.78, 5) is 13.0. The Labute approximate surface area is 182 Å². The molecule has 0 bridgehead atoms.